The highest BCUT2D eigenvalue weighted by Crippen LogP contribution is 2.59. The first-order chi connectivity index (χ1) is 14.3. The Morgan fingerprint density at radius 2 is 1.81 bits per heavy atom. The van der Waals surface area contributed by atoms with Gasteiger partial charge in [-0.2, -0.15) is 0 Å². The fourth-order valence-electron chi connectivity index (χ4n) is 6.22. The van der Waals surface area contributed by atoms with Gasteiger partial charge in [0.15, 0.2) is 0 Å². The van der Waals surface area contributed by atoms with Gasteiger partial charge < -0.3 is 15.3 Å². The first-order valence-electron chi connectivity index (χ1n) is 12.2. The van der Waals surface area contributed by atoms with Crippen LogP contribution in [0.4, 0.5) is 0 Å². The summed E-state index contributed by atoms with van der Waals surface area (Å²) in [6.45, 7) is 13.9. The van der Waals surface area contributed by atoms with Crippen molar-refractivity contribution in [2.75, 3.05) is 0 Å². The summed E-state index contributed by atoms with van der Waals surface area (Å²) < 4.78 is 0. The Hall–Kier alpha value is -1.16. The van der Waals surface area contributed by atoms with E-state index in [1.807, 2.05) is 0 Å². The molecular formula is C28H44O3. The largest absolute Gasteiger partial charge is 0.393 e. The lowest BCUT2D eigenvalue weighted by molar-refractivity contribution is -0.0886. The third-order valence-corrected chi connectivity index (χ3v) is 8.82. The van der Waals surface area contributed by atoms with Crippen LogP contribution in [0.3, 0.4) is 0 Å². The van der Waals surface area contributed by atoms with Crippen molar-refractivity contribution in [2.45, 2.75) is 103 Å². The van der Waals surface area contributed by atoms with Crippen molar-refractivity contribution in [2.24, 2.45) is 23.2 Å². The van der Waals surface area contributed by atoms with Crippen LogP contribution >= 0.6 is 0 Å². The summed E-state index contributed by atoms with van der Waals surface area (Å²) in [6, 6.07) is 0. The molecule has 0 aromatic heterocycles. The molecule has 3 heteroatoms. The lowest BCUT2D eigenvalue weighted by Gasteiger charge is -2.44. The average Bonchev–Trinajstić information content (AvgIpc) is 3.03. The van der Waals surface area contributed by atoms with E-state index < -0.39 is 11.2 Å². The summed E-state index contributed by atoms with van der Waals surface area (Å²) in [5, 5.41) is 30.9. The fourth-order valence-corrected chi connectivity index (χ4v) is 6.22. The van der Waals surface area contributed by atoms with Gasteiger partial charge in [0.05, 0.1) is 11.7 Å². The van der Waals surface area contributed by atoms with Gasteiger partial charge in [0.1, 0.15) is 5.60 Å². The van der Waals surface area contributed by atoms with Gasteiger partial charge in [-0.1, -0.05) is 55.9 Å². The summed E-state index contributed by atoms with van der Waals surface area (Å²) in [4.78, 5) is 0. The molecule has 0 aliphatic heterocycles. The Morgan fingerprint density at radius 1 is 1.10 bits per heavy atom. The van der Waals surface area contributed by atoms with Gasteiger partial charge in [0, 0.05) is 0 Å². The third kappa shape index (κ3) is 5.10. The van der Waals surface area contributed by atoms with E-state index in [0.29, 0.717) is 17.8 Å². The monoisotopic (exact) mass is 428 g/mol. The fraction of sp³-hybridized carbons (Fsp3) is 0.714. The highest BCUT2D eigenvalue weighted by molar-refractivity contribution is 5.36. The molecule has 0 aromatic carbocycles. The Kier molecular flexibility index (Phi) is 7.11. The highest BCUT2D eigenvalue weighted by atomic mass is 16.3. The molecule has 3 nitrogen and oxygen atoms in total. The predicted molar refractivity (Wildman–Crippen MR) is 129 cm³/mol. The number of allylic oxidation sites excluding steroid dienone is 5. The zero-order valence-corrected chi connectivity index (χ0v) is 20.3. The lowest BCUT2D eigenvalue weighted by Crippen LogP contribution is -2.46. The van der Waals surface area contributed by atoms with Gasteiger partial charge in [-0.3, -0.25) is 0 Å². The Balaban J connectivity index is 1.77. The van der Waals surface area contributed by atoms with E-state index in [0.717, 1.165) is 19.3 Å². The maximum atomic E-state index is 10.6. The topological polar surface area (TPSA) is 60.7 Å². The molecule has 3 aliphatic rings. The van der Waals surface area contributed by atoms with Crippen molar-refractivity contribution >= 4 is 0 Å². The average molecular weight is 429 g/mol. The molecule has 3 N–H and O–H groups in total. The molecule has 3 rings (SSSR count). The van der Waals surface area contributed by atoms with Crippen molar-refractivity contribution in [1.29, 1.82) is 0 Å². The number of hydrogen-bond acceptors (Lipinski definition) is 3. The second kappa shape index (κ2) is 9.00. The van der Waals surface area contributed by atoms with Crippen molar-refractivity contribution in [3.8, 4) is 0 Å². The zero-order valence-electron chi connectivity index (χ0n) is 20.3. The molecule has 0 aromatic rings. The van der Waals surface area contributed by atoms with Gasteiger partial charge in [0.2, 0.25) is 0 Å². The molecule has 3 aliphatic carbocycles. The summed E-state index contributed by atoms with van der Waals surface area (Å²) in [5.41, 5.74) is 1.83. The van der Waals surface area contributed by atoms with E-state index >= 15 is 0 Å². The van der Waals surface area contributed by atoms with Crippen LogP contribution in [0.25, 0.3) is 0 Å². The van der Waals surface area contributed by atoms with Gasteiger partial charge in [-0.15, -0.1) is 0 Å². The smallest absolute Gasteiger partial charge is 0.108 e. The standard InChI is InChI=1S/C28H44O3/c1-19-9-12-23(29)18-22(19)11-10-21-8-7-16-27(5)24(13-14-25(21)27)20(2)15-17-28(6,31)26(3,4)30/h10-11,15,17,20,23-25,29-31H,1,7-9,12-14,16,18H2,2-6H3/b17-15+,21-10+,22-11-/t20-,23+,24-,25-,27+,28+/m1/s1. The number of rotatable bonds is 5. The van der Waals surface area contributed by atoms with Crippen molar-refractivity contribution < 1.29 is 15.3 Å². The Bertz CT molecular complexity index is 764. The molecule has 0 spiro atoms. The molecule has 0 amide bonds. The lowest BCUT2D eigenvalue weighted by atomic mass is 9.61. The van der Waals surface area contributed by atoms with E-state index in [9.17, 15) is 15.3 Å². The third-order valence-electron chi connectivity index (χ3n) is 8.82. The van der Waals surface area contributed by atoms with Crippen LogP contribution in [0.15, 0.2) is 47.6 Å². The van der Waals surface area contributed by atoms with Crippen LogP contribution in [0.1, 0.15) is 86.0 Å². The minimum absolute atomic E-state index is 0.226. The Morgan fingerprint density at radius 3 is 2.48 bits per heavy atom. The summed E-state index contributed by atoms with van der Waals surface area (Å²) in [5.74, 6) is 1.54. The van der Waals surface area contributed by atoms with E-state index in [4.69, 9.17) is 0 Å². The minimum atomic E-state index is -1.24. The SMILES string of the molecule is C=C1CC[C@H](O)C/C1=C/C=C1\CCC[C@]2(C)[C@@H]1CC[C@@H]2[C@H](C)/C=C/[C@](C)(O)C(C)(C)O. The molecule has 174 valence electrons. The molecule has 0 bridgehead atoms. The van der Waals surface area contributed by atoms with Crippen LogP contribution < -0.4 is 0 Å². The van der Waals surface area contributed by atoms with Gasteiger partial charge in [-0.25, -0.2) is 0 Å². The maximum absolute atomic E-state index is 10.6. The van der Waals surface area contributed by atoms with Gasteiger partial charge >= 0.3 is 0 Å². The normalized spacial score (nSPS) is 37.9. The minimum Gasteiger partial charge on any atom is -0.393 e. The van der Waals surface area contributed by atoms with Crippen molar-refractivity contribution in [3.05, 3.63) is 47.6 Å². The first-order valence-corrected chi connectivity index (χ1v) is 12.2. The molecule has 0 radical (unpaired) electrons. The summed E-state index contributed by atoms with van der Waals surface area (Å²) in [7, 11) is 0. The number of aliphatic hydroxyl groups is 3. The number of hydrogen-bond donors (Lipinski definition) is 3. The van der Waals surface area contributed by atoms with Crippen molar-refractivity contribution in [1.82, 2.24) is 0 Å². The summed E-state index contributed by atoms with van der Waals surface area (Å²) >= 11 is 0. The Labute approximate surface area is 189 Å². The van der Waals surface area contributed by atoms with Gasteiger partial charge in [-0.05, 0) is 101 Å². The van der Waals surface area contributed by atoms with Crippen LogP contribution in [0.5, 0.6) is 0 Å². The van der Waals surface area contributed by atoms with Gasteiger partial charge in [0.25, 0.3) is 0 Å². The van der Waals surface area contributed by atoms with Crippen LogP contribution in [0, 0.1) is 23.2 Å². The van der Waals surface area contributed by atoms with E-state index in [1.165, 1.54) is 43.3 Å². The number of aliphatic hydroxyl groups excluding tert-OH is 1. The molecule has 0 unspecified atom stereocenters. The quantitative estimate of drug-likeness (QED) is 0.480. The predicted octanol–water partition coefficient (Wildman–Crippen LogP) is 5.87. The van der Waals surface area contributed by atoms with Crippen LogP contribution in [-0.2, 0) is 0 Å². The second-order valence-electron chi connectivity index (χ2n) is 11.5. The molecule has 31 heavy (non-hydrogen) atoms. The molecular weight excluding hydrogens is 384 g/mol. The molecule has 3 fully saturated rings. The first kappa shape index (κ1) is 24.5. The van der Waals surface area contributed by atoms with E-state index in [-0.39, 0.29) is 11.5 Å². The van der Waals surface area contributed by atoms with E-state index in [2.05, 4.69) is 38.7 Å². The maximum Gasteiger partial charge on any atom is 0.108 e. The van der Waals surface area contributed by atoms with E-state index in [1.54, 1.807) is 32.4 Å². The number of fused-ring (bicyclic) bond motifs is 1. The molecule has 0 saturated heterocycles. The molecule has 0 heterocycles. The molecule has 3 saturated carbocycles. The summed E-state index contributed by atoms with van der Waals surface area (Å²) in [6.07, 6.45) is 16.8. The van der Waals surface area contributed by atoms with Crippen LogP contribution in [-0.4, -0.2) is 32.6 Å². The highest BCUT2D eigenvalue weighted by Gasteiger charge is 2.50. The van der Waals surface area contributed by atoms with Crippen LogP contribution in [0.2, 0.25) is 0 Å². The zero-order chi connectivity index (χ0) is 23.0. The second-order valence-corrected chi connectivity index (χ2v) is 11.5. The molecule has 6 atom stereocenters. The van der Waals surface area contributed by atoms with Crippen molar-refractivity contribution in [3.63, 3.8) is 0 Å².